The zero-order chi connectivity index (χ0) is 15.4. The average molecular weight is 292 g/mol. The quantitative estimate of drug-likeness (QED) is 0.796. The molecular weight excluding hydrogens is 272 g/mol. The molecule has 0 aliphatic heterocycles. The number of carbonyl (C=O) groups excluding carboxylic acids is 1. The molecule has 21 heavy (non-hydrogen) atoms. The molecule has 2 amide bonds. The van der Waals surface area contributed by atoms with Crippen LogP contribution in [0.2, 0.25) is 0 Å². The molecular formula is C15H20N2O4. The number of anilines is 1. The second-order valence-electron chi connectivity index (χ2n) is 5.43. The van der Waals surface area contributed by atoms with Gasteiger partial charge in [-0.3, -0.25) is 0 Å². The first-order valence-corrected chi connectivity index (χ1v) is 6.98. The predicted molar refractivity (Wildman–Crippen MR) is 78.9 cm³/mol. The summed E-state index contributed by atoms with van der Waals surface area (Å²) in [7, 11) is 1.49. The number of hydrogen-bond donors (Lipinski definition) is 3. The number of aromatic carboxylic acids is 1. The molecule has 3 N–H and O–H groups in total. The van der Waals surface area contributed by atoms with Gasteiger partial charge in [0.2, 0.25) is 0 Å². The zero-order valence-electron chi connectivity index (χ0n) is 12.2. The van der Waals surface area contributed by atoms with Gasteiger partial charge in [-0.2, -0.15) is 0 Å². The minimum Gasteiger partial charge on any atom is -0.497 e. The number of nitrogens with one attached hydrogen (secondary N) is 2. The van der Waals surface area contributed by atoms with Crippen LogP contribution in [0.3, 0.4) is 0 Å². The van der Waals surface area contributed by atoms with E-state index in [1.807, 2.05) is 0 Å². The first-order valence-electron chi connectivity index (χ1n) is 6.98. The van der Waals surface area contributed by atoms with Gasteiger partial charge in [0.05, 0.1) is 18.4 Å². The van der Waals surface area contributed by atoms with Gasteiger partial charge in [-0.1, -0.05) is 6.92 Å². The highest BCUT2D eigenvalue weighted by molar-refractivity contribution is 6.00. The van der Waals surface area contributed by atoms with Gasteiger partial charge < -0.3 is 20.5 Å². The third kappa shape index (κ3) is 3.87. The Morgan fingerprint density at radius 2 is 2.10 bits per heavy atom. The second kappa shape index (κ2) is 6.47. The van der Waals surface area contributed by atoms with Crippen molar-refractivity contribution in [2.75, 3.05) is 12.4 Å². The van der Waals surface area contributed by atoms with Crippen LogP contribution in [-0.4, -0.2) is 30.3 Å². The van der Waals surface area contributed by atoms with Crippen LogP contribution in [0, 0.1) is 5.92 Å². The lowest BCUT2D eigenvalue weighted by atomic mass is 10.1. The summed E-state index contributed by atoms with van der Waals surface area (Å²) < 4.78 is 5.05. The Morgan fingerprint density at radius 3 is 2.67 bits per heavy atom. The number of benzene rings is 1. The minimum atomic E-state index is -1.09. The van der Waals surface area contributed by atoms with Gasteiger partial charge in [0.1, 0.15) is 5.75 Å². The van der Waals surface area contributed by atoms with Crippen LogP contribution >= 0.6 is 0 Å². The summed E-state index contributed by atoms with van der Waals surface area (Å²) in [4.78, 5) is 23.2. The van der Waals surface area contributed by atoms with Crippen LogP contribution < -0.4 is 15.4 Å². The Morgan fingerprint density at radius 1 is 1.33 bits per heavy atom. The first kappa shape index (κ1) is 15.2. The molecule has 2 unspecified atom stereocenters. The number of methoxy groups -OCH3 is 1. The number of ether oxygens (including phenoxy) is 1. The highest BCUT2D eigenvalue weighted by Crippen LogP contribution is 2.25. The van der Waals surface area contributed by atoms with Crippen molar-refractivity contribution in [3.05, 3.63) is 23.8 Å². The van der Waals surface area contributed by atoms with E-state index in [1.54, 1.807) is 6.07 Å². The van der Waals surface area contributed by atoms with E-state index >= 15 is 0 Å². The fraction of sp³-hybridized carbons (Fsp3) is 0.467. The fourth-order valence-electron chi connectivity index (χ4n) is 2.62. The van der Waals surface area contributed by atoms with Gasteiger partial charge in [0.15, 0.2) is 0 Å². The molecule has 114 valence electrons. The van der Waals surface area contributed by atoms with Crippen LogP contribution in [0.15, 0.2) is 18.2 Å². The highest BCUT2D eigenvalue weighted by Gasteiger charge is 2.23. The summed E-state index contributed by atoms with van der Waals surface area (Å²) in [5.74, 6) is 0.00827. The van der Waals surface area contributed by atoms with Crippen LogP contribution in [0.5, 0.6) is 5.75 Å². The Kier molecular flexibility index (Phi) is 4.67. The van der Waals surface area contributed by atoms with E-state index in [0.29, 0.717) is 11.7 Å². The fourth-order valence-corrected chi connectivity index (χ4v) is 2.62. The molecule has 0 saturated heterocycles. The third-order valence-electron chi connectivity index (χ3n) is 3.74. The van der Waals surface area contributed by atoms with E-state index in [-0.39, 0.29) is 23.3 Å². The molecule has 0 bridgehead atoms. The SMILES string of the molecule is COc1ccc(C(=O)O)c(NC(=O)NC2CCC(C)C2)c1. The average Bonchev–Trinajstić information content (AvgIpc) is 2.83. The normalized spacial score (nSPS) is 20.9. The van der Waals surface area contributed by atoms with E-state index in [2.05, 4.69) is 17.6 Å². The topological polar surface area (TPSA) is 87.7 Å². The largest absolute Gasteiger partial charge is 0.497 e. The van der Waals surface area contributed by atoms with Crippen LogP contribution in [0.4, 0.5) is 10.5 Å². The zero-order valence-corrected chi connectivity index (χ0v) is 12.2. The monoisotopic (exact) mass is 292 g/mol. The highest BCUT2D eigenvalue weighted by atomic mass is 16.5. The molecule has 0 heterocycles. The smallest absolute Gasteiger partial charge is 0.337 e. The number of amides is 2. The second-order valence-corrected chi connectivity index (χ2v) is 5.43. The standard InChI is InChI=1S/C15H20N2O4/c1-9-3-4-10(7-9)16-15(20)17-13-8-11(21-2)5-6-12(13)14(18)19/h5-6,8-10H,3-4,7H2,1-2H3,(H,18,19)(H2,16,17,20). The number of urea groups is 1. The predicted octanol–water partition coefficient (Wildman–Crippen LogP) is 2.70. The maximum Gasteiger partial charge on any atom is 0.337 e. The van der Waals surface area contributed by atoms with E-state index < -0.39 is 5.97 Å². The molecule has 1 aromatic rings. The van der Waals surface area contributed by atoms with Crippen LogP contribution in [0.25, 0.3) is 0 Å². The maximum atomic E-state index is 12.0. The summed E-state index contributed by atoms with van der Waals surface area (Å²) >= 11 is 0. The Bertz CT molecular complexity index is 544. The molecule has 1 aromatic carbocycles. The van der Waals surface area contributed by atoms with Crippen molar-refractivity contribution < 1.29 is 19.4 Å². The van der Waals surface area contributed by atoms with Crippen molar-refractivity contribution >= 4 is 17.7 Å². The van der Waals surface area contributed by atoms with E-state index in [0.717, 1.165) is 19.3 Å². The Hall–Kier alpha value is -2.24. The minimum absolute atomic E-state index is 0.0331. The van der Waals surface area contributed by atoms with Crippen molar-refractivity contribution in [3.63, 3.8) is 0 Å². The van der Waals surface area contributed by atoms with E-state index in [1.165, 1.54) is 19.2 Å². The number of hydrogen-bond acceptors (Lipinski definition) is 3. The third-order valence-corrected chi connectivity index (χ3v) is 3.74. The molecule has 0 spiro atoms. The van der Waals surface area contributed by atoms with Gasteiger partial charge in [0, 0.05) is 12.1 Å². The number of rotatable bonds is 4. The molecule has 0 aromatic heterocycles. The Balaban J connectivity index is 2.06. The van der Waals surface area contributed by atoms with Crippen molar-refractivity contribution in [2.24, 2.45) is 5.92 Å². The van der Waals surface area contributed by atoms with Crippen LogP contribution in [-0.2, 0) is 0 Å². The molecule has 6 heteroatoms. The van der Waals surface area contributed by atoms with E-state index in [4.69, 9.17) is 9.84 Å². The Labute approximate surface area is 123 Å². The maximum absolute atomic E-state index is 12.0. The lowest BCUT2D eigenvalue weighted by Gasteiger charge is -2.15. The summed E-state index contributed by atoms with van der Waals surface area (Å²) in [6.07, 6.45) is 3.01. The number of carboxylic acid groups (broad SMARTS) is 1. The van der Waals surface area contributed by atoms with Crippen molar-refractivity contribution in [1.29, 1.82) is 0 Å². The number of carbonyl (C=O) groups is 2. The van der Waals surface area contributed by atoms with Gasteiger partial charge >= 0.3 is 12.0 Å². The van der Waals surface area contributed by atoms with Crippen molar-refractivity contribution in [3.8, 4) is 5.75 Å². The van der Waals surface area contributed by atoms with Gasteiger partial charge in [-0.15, -0.1) is 0 Å². The molecule has 2 rings (SSSR count). The van der Waals surface area contributed by atoms with Gasteiger partial charge in [0.25, 0.3) is 0 Å². The van der Waals surface area contributed by atoms with E-state index in [9.17, 15) is 9.59 Å². The molecule has 6 nitrogen and oxygen atoms in total. The van der Waals surface area contributed by atoms with Crippen LogP contribution in [0.1, 0.15) is 36.5 Å². The number of carboxylic acids is 1. The summed E-state index contributed by atoms with van der Waals surface area (Å²) in [6, 6.07) is 4.23. The summed E-state index contributed by atoms with van der Waals surface area (Å²) in [6.45, 7) is 2.16. The molecule has 0 radical (unpaired) electrons. The lowest BCUT2D eigenvalue weighted by Crippen LogP contribution is -2.36. The van der Waals surface area contributed by atoms with Gasteiger partial charge in [-0.25, -0.2) is 9.59 Å². The molecule has 1 aliphatic carbocycles. The first-order chi connectivity index (χ1) is 9.99. The molecule has 2 atom stereocenters. The lowest BCUT2D eigenvalue weighted by molar-refractivity contribution is 0.0698. The molecule has 1 aliphatic rings. The molecule has 1 saturated carbocycles. The van der Waals surface area contributed by atoms with Crippen molar-refractivity contribution in [1.82, 2.24) is 5.32 Å². The van der Waals surface area contributed by atoms with Gasteiger partial charge in [-0.05, 0) is 37.3 Å². The summed E-state index contributed by atoms with van der Waals surface area (Å²) in [5.41, 5.74) is 0.260. The summed E-state index contributed by atoms with van der Waals surface area (Å²) in [5, 5.41) is 14.6. The molecule has 1 fully saturated rings. The van der Waals surface area contributed by atoms with Crippen molar-refractivity contribution in [2.45, 2.75) is 32.2 Å².